The average Bonchev–Trinajstić information content (AvgIpc) is 3.24. The molecule has 3 heterocycles. The Bertz CT molecular complexity index is 1190. The summed E-state index contributed by atoms with van der Waals surface area (Å²) in [7, 11) is 1.58. The van der Waals surface area contributed by atoms with Crippen LogP contribution in [0.25, 0.3) is 10.9 Å². The lowest BCUT2D eigenvalue weighted by molar-refractivity contribution is 0.0958. The number of aromatic amines is 2. The van der Waals surface area contributed by atoms with Crippen LogP contribution in [-0.4, -0.2) is 63.8 Å². The summed E-state index contributed by atoms with van der Waals surface area (Å²) < 4.78 is 1.20. The Morgan fingerprint density at radius 3 is 2.63 bits per heavy atom. The first kappa shape index (κ1) is 19.9. The Labute approximate surface area is 172 Å². The van der Waals surface area contributed by atoms with Crippen molar-refractivity contribution in [2.75, 3.05) is 38.1 Å². The predicted octanol–water partition coefficient (Wildman–Crippen LogP) is 0.115. The van der Waals surface area contributed by atoms with Crippen LogP contribution in [0.2, 0.25) is 0 Å². The summed E-state index contributed by atoms with van der Waals surface area (Å²) in [5, 5.41) is 10.1. The maximum atomic E-state index is 12.4. The highest BCUT2D eigenvalue weighted by atomic mass is 16.2. The van der Waals surface area contributed by atoms with Crippen LogP contribution >= 0.6 is 0 Å². The molecule has 4 rings (SSSR count). The van der Waals surface area contributed by atoms with Crippen LogP contribution in [0.3, 0.4) is 0 Å². The van der Waals surface area contributed by atoms with Crippen LogP contribution < -0.4 is 21.5 Å². The number of piperazine rings is 1. The standard InChI is InChI=1S/C20H25N7O3/c1-3-27-19(29)14-5-4-13(10-15(14)22-20(27)30)12-25-6-8-26(9-7-25)17-11-16(23-24-17)18(28)21-2/h4-5,10-11H,3,6-9,12H2,1-2H3,(H,21,28)(H,22,30)(H,23,24). The Morgan fingerprint density at radius 2 is 1.93 bits per heavy atom. The van der Waals surface area contributed by atoms with Gasteiger partial charge in [0.25, 0.3) is 11.5 Å². The van der Waals surface area contributed by atoms with Gasteiger partial charge < -0.3 is 15.2 Å². The molecule has 1 aliphatic heterocycles. The quantitative estimate of drug-likeness (QED) is 0.549. The van der Waals surface area contributed by atoms with Crippen LogP contribution in [0.1, 0.15) is 23.0 Å². The third-order valence-electron chi connectivity index (χ3n) is 5.51. The molecule has 0 aliphatic carbocycles. The minimum Gasteiger partial charge on any atom is -0.354 e. The first-order chi connectivity index (χ1) is 14.5. The molecule has 2 aromatic heterocycles. The molecule has 0 bridgehead atoms. The molecule has 158 valence electrons. The molecule has 0 unspecified atom stereocenters. The van der Waals surface area contributed by atoms with Crippen LogP contribution in [0.15, 0.2) is 33.9 Å². The number of H-pyrrole nitrogens is 2. The van der Waals surface area contributed by atoms with Crippen molar-refractivity contribution < 1.29 is 4.79 Å². The molecule has 3 N–H and O–H groups in total. The molecule has 1 fully saturated rings. The Balaban J connectivity index is 1.43. The van der Waals surface area contributed by atoms with E-state index in [1.54, 1.807) is 26.1 Å². The van der Waals surface area contributed by atoms with E-state index in [9.17, 15) is 14.4 Å². The van der Waals surface area contributed by atoms with Crippen LogP contribution in [0, 0.1) is 0 Å². The highest BCUT2D eigenvalue weighted by Gasteiger charge is 2.20. The second-order valence-corrected chi connectivity index (χ2v) is 7.34. The van der Waals surface area contributed by atoms with Gasteiger partial charge in [-0.15, -0.1) is 0 Å². The van der Waals surface area contributed by atoms with Crippen LogP contribution in [0.5, 0.6) is 0 Å². The Hall–Kier alpha value is -3.40. The minimum absolute atomic E-state index is 0.212. The first-order valence-corrected chi connectivity index (χ1v) is 10.0. The van der Waals surface area contributed by atoms with Gasteiger partial charge in [0.05, 0.1) is 10.9 Å². The zero-order valence-corrected chi connectivity index (χ0v) is 17.1. The number of anilines is 1. The van der Waals surface area contributed by atoms with Crippen molar-refractivity contribution in [3.8, 4) is 0 Å². The van der Waals surface area contributed by atoms with Gasteiger partial charge in [-0.3, -0.25) is 24.2 Å². The molecule has 0 radical (unpaired) electrons. The summed E-state index contributed by atoms with van der Waals surface area (Å²) in [4.78, 5) is 43.5. The van der Waals surface area contributed by atoms with E-state index in [1.807, 2.05) is 12.1 Å². The number of hydrogen-bond acceptors (Lipinski definition) is 6. The summed E-state index contributed by atoms with van der Waals surface area (Å²) in [6.07, 6.45) is 0. The second-order valence-electron chi connectivity index (χ2n) is 7.34. The fraction of sp³-hybridized carbons (Fsp3) is 0.400. The fourth-order valence-corrected chi connectivity index (χ4v) is 3.81. The molecule has 30 heavy (non-hydrogen) atoms. The molecule has 1 amide bonds. The number of aromatic nitrogens is 4. The maximum absolute atomic E-state index is 12.4. The number of fused-ring (bicyclic) bond motifs is 1. The van der Waals surface area contributed by atoms with Crippen molar-refractivity contribution in [1.82, 2.24) is 30.0 Å². The molecule has 10 nitrogen and oxygen atoms in total. The zero-order valence-electron chi connectivity index (χ0n) is 17.1. The second kappa shape index (κ2) is 8.15. The van der Waals surface area contributed by atoms with Crippen molar-refractivity contribution >= 4 is 22.6 Å². The van der Waals surface area contributed by atoms with Gasteiger partial charge in [0.2, 0.25) is 0 Å². The van der Waals surface area contributed by atoms with Gasteiger partial charge in [-0.25, -0.2) is 4.79 Å². The summed E-state index contributed by atoms with van der Waals surface area (Å²) >= 11 is 0. The lowest BCUT2D eigenvalue weighted by Gasteiger charge is -2.35. The average molecular weight is 411 g/mol. The van der Waals surface area contributed by atoms with E-state index in [1.165, 1.54) is 4.57 Å². The smallest absolute Gasteiger partial charge is 0.328 e. The number of nitrogens with zero attached hydrogens (tertiary/aromatic N) is 4. The number of carbonyl (C=O) groups is 1. The van der Waals surface area contributed by atoms with Crippen molar-refractivity contribution in [1.29, 1.82) is 0 Å². The molecule has 1 aromatic carbocycles. The van der Waals surface area contributed by atoms with Crippen molar-refractivity contribution in [3.05, 3.63) is 56.4 Å². The number of benzene rings is 1. The van der Waals surface area contributed by atoms with E-state index in [0.717, 1.165) is 44.1 Å². The molecular weight excluding hydrogens is 386 g/mol. The van der Waals surface area contributed by atoms with E-state index in [-0.39, 0.29) is 17.2 Å². The van der Waals surface area contributed by atoms with Crippen molar-refractivity contribution in [2.45, 2.75) is 20.0 Å². The molecule has 0 atom stereocenters. The molecule has 0 spiro atoms. The monoisotopic (exact) mass is 411 g/mol. The van der Waals surface area contributed by atoms with E-state index < -0.39 is 0 Å². The molecule has 1 saturated heterocycles. The van der Waals surface area contributed by atoms with Gasteiger partial charge in [0.1, 0.15) is 5.82 Å². The lowest BCUT2D eigenvalue weighted by Crippen LogP contribution is -2.46. The largest absolute Gasteiger partial charge is 0.354 e. The van der Waals surface area contributed by atoms with Crippen molar-refractivity contribution in [2.24, 2.45) is 0 Å². The fourth-order valence-electron chi connectivity index (χ4n) is 3.81. The van der Waals surface area contributed by atoms with E-state index in [0.29, 0.717) is 23.1 Å². The topological polar surface area (TPSA) is 119 Å². The van der Waals surface area contributed by atoms with E-state index in [2.05, 4.69) is 30.3 Å². The van der Waals surface area contributed by atoms with Gasteiger partial charge in [-0.1, -0.05) is 6.07 Å². The summed E-state index contributed by atoms with van der Waals surface area (Å²) in [6.45, 7) is 6.16. The summed E-state index contributed by atoms with van der Waals surface area (Å²) in [5.74, 6) is 0.625. The number of hydrogen-bond donors (Lipinski definition) is 3. The number of carbonyl (C=O) groups excluding carboxylic acids is 1. The van der Waals surface area contributed by atoms with Gasteiger partial charge in [0.15, 0.2) is 5.69 Å². The van der Waals surface area contributed by atoms with Crippen LogP contribution in [-0.2, 0) is 13.1 Å². The summed E-state index contributed by atoms with van der Waals surface area (Å²) in [5.41, 5.74) is 1.36. The van der Waals surface area contributed by atoms with Crippen molar-refractivity contribution in [3.63, 3.8) is 0 Å². The van der Waals surface area contributed by atoms with Gasteiger partial charge in [0, 0.05) is 52.4 Å². The molecule has 10 heteroatoms. The highest BCUT2D eigenvalue weighted by molar-refractivity contribution is 5.92. The Morgan fingerprint density at radius 1 is 1.17 bits per heavy atom. The SMILES string of the molecule is CCn1c(=O)[nH]c2cc(CN3CCN(c4cc(C(=O)NC)n[nH]4)CC3)ccc2c1=O. The highest BCUT2D eigenvalue weighted by Crippen LogP contribution is 2.17. The minimum atomic E-state index is -0.378. The molecular formula is C20H25N7O3. The number of nitrogens with one attached hydrogen (secondary N) is 3. The maximum Gasteiger partial charge on any atom is 0.328 e. The zero-order chi connectivity index (χ0) is 21.3. The predicted molar refractivity (Wildman–Crippen MR) is 114 cm³/mol. The van der Waals surface area contributed by atoms with Crippen LogP contribution in [0.4, 0.5) is 5.82 Å². The van der Waals surface area contributed by atoms with E-state index in [4.69, 9.17) is 0 Å². The molecule has 0 saturated carbocycles. The third kappa shape index (κ3) is 3.73. The lowest BCUT2D eigenvalue weighted by atomic mass is 10.1. The normalized spacial score (nSPS) is 14.9. The summed E-state index contributed by atoms with van der Waals surface area (Å²) in [6, 6.07) is 7.38. The number of amides is 1. The Kier molecular flexibility index (Phi) is 5.40. The van der Waals surface area contributed by atoms with Gasteiger partial charge >= 0.3 is 5.69 Å². The van der Waals surface area contributed by atoms with E-state index >= 15 is 0 Å². The van der Waals surface area contributed by atoms with Gasteiger partial charge in [-0.2, -0.15) is 5.10 Å². The first-order valence-electron chi connectivity index (χ1n) is 10.0. The van der Waals surface area contributed by atoms with Gasteiger partial charge in [-0.05, 0) is 24.6 Å². The molecule has 1 aliphatic rings. The number of rotatable bonds is 5. The molecule has 3 aromatic rings. The third-order valence-corrected chi connectivity index (χ3v) is 5.51.